The zero-order valence-corrected chi connectivity index (χ0v) is 23.8. The molecule has 13 heteroatoms. The van der Waals surface area contributed by atoms with Crippen LogP contribution in [0.1, 0.15) is 52.0 Å². The van der Waals surface area contributed by atoms with Gasteiger partial charge in [0.1, 0.15) is 24.1 Å². The number of nitriles is 1. The third-order valence-electron chi connectivity index (χ3n) is 7.38. The van der Waals surface area contributed by atoms with Gasteiger partial charge < -0.3 is 10.6 Å². The summed E-state index contributed by atoms with van der Waals surface area (Å²) in [6, 6.07) is 18.4. The van der Waals surface area contributed by atoms with Gasteiger partial charge in [-0.1, -0.05) is 36.4 Å². The number of nitrogens with one attached hydrogen (secondary N) is 2. The molecule has 230 valence electrons. The normalized spacial score (nSPS) is 16.1. The van der Waals surface area contributed by atoms with Crippen LogP contribution in [0.25, 0.3) is 5.69 Å². The highest BCUT2D eigenvalue weighted by molar-refractivity contribution is 6.05. The first-order valence-corrected chi connectivity index (χ1v) is 13.9. The minimum atomic E-state index is -4.70. The van der Waals surface area contributed by atoms with Crippen molar-refractivity contribution in [3.63, 3.8) is 0 Å². The van der Waals surface area contributed by atoms with E-state index in [4.69, 9.17) is 10.4 Å². The van der Waals surface area contributed by atoms with Crippen LogP contribution in [0.5, 0.6) is 0 Å². The number of hydrogen-bond donors (Lipinski definition) is 2. The molecule has 2 atom stereocenters. The summed E-state index contributed by atoms with van der Waals surface area (Å²) in [5, 5.41) is 19.0. The van der Waals surface area contributed by atoms with Crippen molar-refractivity contribution in [2.24, 2.45) is 0 Å². The quantitative estimate of drug-likeness (QED) is 0.274. The third-order valence-corrected chi connectivity index (χ3v) is 7.38. The third kappa shape index (κ3) is 6.26. The van der Waals surface area contributed by atoms with E-state index in [0.717, 1.165) is 12.1 Å². The number of anilines is 1. The van der Waals surface area contributed by atoms with E-state index in [0.29, 0.717) is 34.4 Å². The van der Waals surface area contributed by atoms with Crippen LogP contribution >= 0.6 is 0 Å². The maximum absolute atomic E-state index is 14.2. The Labute approximate surface area is 255 Å². The van der Waals surface area contributed by atoms with Crippen molar-refractivity contribution in [2.75, 3.05) is 11.4 Å². The van der Waals surface area contributed by atoms with Crippen LogP contribution in [-0.4, -0.2) is 40.1 Å². The van der Waals surface area contributed by atoms with Crippen molar-refractivity contribution < 1.29 is 31.9 Å². The summed E-state index contributed by atoms with van der Waals surface area (Å²) < 4.78 is 55.8. The topological polar surface area (TPSA) is 120 Å². The maximum Gasteiger partial charge on any atom is 0.416 e. The van der Waals surface area contributed by atoms with Gasteiger partial charge in [0, 0.05) is 23.6 Å². The molecule has 4 aromatic rings. The number of fused-ring (bicyclic) bond motifs is 1. The van der Waals surface area contributed by atoms with E-state index in [1.165, 1.54) is 39.9 Å². The molecule has 1 aliphatic rings. The standard InChI is InChI=1S/C32H26F4N6O3/c1-2-41-30-27(24(18-38-25(43)15-16-37)40-42(30)23-9-4-3-5-10-23)26(19-11-13-22(33)14-12-19)28(31(41)45)39-29(44)20-7-6-8-21(17-20)32(34,35)36/h3-14,17,26,28H,2,15,18H2,1H3,(H,38,43)(H,39,44)/t26-,28+/m1/s1. The molecule has 1 aromatic heterocycles. The van der Waals surface area contributed by atoms with E-state index >= 15 is 0 Å². The number of carbonyl (C=O) groups is 3. The molecule has 0 spiro atoms. The van der Waals surface area contributed by atoms with E-state index in [1.54, 1.807) is 43.3 Å². The Kier molecular flexibility index (Phi) is 8.67. The summed E-state index contributed by atoms with van der Waals surface area (Å²) >= 11 is 0. The summed E-state index contributed by atoms with van der Waals surface area (Å²) in [6.45, 7) is 1.68. The van der Waals surface area contributed by atoms with Gasteiger partial charge in [-0.3, -0.25) is 19.3 Å². The van der Waals surface area contributed by atoms with Gasteiger partial charge in [-0.25, -0.2) is 9.07 Å². The Morgan fingerprint density at radius 3 is 2.38 bits per heavy atom. The first-order valence-electron chi connectivity index (χ1n) is 13.9. The molecule has 0 aliphatic carbocycles. The van der Waals surface area contributed by atoms with Gasteiger partial charge >= 0.3 is 6.18 Å². The fourth-order valence-corrected chi connectivity index (χ4v) is 5.36. The monoisotopic (exact) mass is 618 g/mol. The van der Waals surface area contributed by atoms with Crippen LogP contribution in [0.4, 0.5) is 23.4 Å². The molecule has 0 saturated heterocycles. The van der Waals surface area contributed by atoms with Gasteiger partial charge in [-0.05, 0) is 55.0 Å². The second-order valence-corrected chi connectivity index (χ2v) is 10.2. The van der Waals surface area contributed by atoms with E-state index < -0.39 is 53.7 Å². The van der Waals surface area contributed by atoms with Crippen molar-refractivity contribution in [2.45, 2.75) is 38.0 Å². The predicted molar refractivity (Wildman–Crippen MR) is 155 cm³/mol. The largest absolute Gasteiger partial charge is 0.416 e. The Bertz CT molecular complexity index is 1780. The minimum Gasteiger partial charge on any atom is -0.349 e. The number of amides is 3. The molecule has 1 aliphatic heterocycles. The number of aromatic nitrogens is 2. The zero-order valence-electron chi connectivity index (χ0n) is 23.8. The molecule has 0 radical (unpaired) electrons. The molecule has 3 aromatic carbocycles. The Balaban J connectivity index is 1.69. The molecule has 9 nitrogen and oxygen atoms in total. The number of alkyl halides is 3. The highest BCUT2D eigenvalue weighted by Gasteiger charge is 2.46. The lowest BCUT2D eigenvalue weighted by atomic mass is 9.80. The van der Waals surface area contributed by atoms with Gasteiger partial charge in [-0.2, -0.15) is 23.5 Å². The molecule has 0 bridgehead atoms. The highest BCUT2D eigenvalue weighted by atomic mass is 19.4. The molecule has 0 saturated carbocycles. The highest BCUT2D eigenvalue weighted by Crippen LogP contribution is 2.43. The lowest BCUT2D eigenvalue weighted by molar-refractivity contribution is -0.137. The number of para-hydroxylation sites is 1. The minimum absolute atomic E-state index is 0.122. The molecule has 3 amide bonds. The fraction of sp³-hybridized carbons (Fsp3) is 0.219. The first kappa shape index (κ1) is 30.9. The van der Waals surface area contributed by atoms with Crippen molar-refractivity contribution in [1.82, 2.24) is 20.4 Å². The van der Waals surface area contributed by atoms with E-state index in [1.807, 2.05) is 0 Å². The molecule has 5 rings (SSSR count). The van der Waals surface area contributed by atoms with Crippen molar-refractivity contribution in [1.29, 1.82) is 5.26 Å². The van der Waals surface area contributed by atoms with Gasteiger partial charge in [-0.15, -0.1) is 0 Å². The van der Waals surface area contributed by atoms with Crippen LogP contribution in [0, 0.1) is 17.1 Å². The number of likely N-dealkylation sites (N-methyl/N-ethyl adjacent to an activating group) is 1. The second-order valence-electron chi connectivity index (χ2n) is 10.2. The summed E-state index contributed by atoms with van der Waals surface area (Å²) in [5.41, 5.74) is 0.384. The van der Waals surface area contributed by atoms with Gasteiger partial charge in [0.15, 0.2) is 0 Å². The van der Waals surface area contributed by atoms with Crippen molar-refractivity contribution in [3.8, 4) is 11.8 Å². The lowest BCUT2D eigenvalue weighted by Crippen LogP contribution is -2.55. The maximum atomic E-state index is 14.2. The lowest BCUT2D eigenvalue weighted by Gasteiger charge is -2.38. The zero-order chi connectivity index (χ0) is 32.3. The van der Waals surface area contributed by atoms with E-state index in [2.05, 4.69) is 10.6 Å². The molecule has 0 fully saturated rings. The number of rotatable bonds is 8. The van der Waals surface area contributed by atoms with Gasteiger partial charge in [0.25, 0.3) is 11.8 Å². The molecule has 2 N–H and O–H groups in total. The molecule has 45 heavy (non-hydrogen) atoms. The number of benzene rings is 3. The van der Waals surface area contributed by atoms with Crippen LogP contribution < -0.4 is 15.5 Å². The van der Waals surface area contributed by atoms with Gasteiger partial charge in [0.05, 0.1) is 29.6 Å². The van der Waals surface area contributed by atoms with Crippen LogP contribution in [0.2, 0.25) is 0 Å². The number of hydrogen-bond acceptors (Lipinski definition) is 5. The van der Waals surface area contributed by atoms with Crippen LogP contribution in [-0.2, 0) is 22.3 Å². The summed E-state index contributed by atoms with van der Waals surface area (Å²) in [5.74, 6) is -3.26. The van der Waals surface area contributed by atoms with E-state index in [-0.39, 0.29) is 18.7 Å². The molecular weight excluding hydrogens is 592 g/mol. The Hall–Kier alpha value is -5.51. The summed E-state index contributed by atoms with van der Waals surface area (Å²) in [6.07, 6.45) is -5.10. The number of carbonyl (C=O) groups excluding carboxylic acids is 3. The van der Waals surface area contributed by atoms with E-state index in [9.17, 15) is 31.9 Å². The SMILES string of the molecule is CCN1C(=O)[C@@H](NC(=O)c2cccc(C(F)(F)F)c2)[C@H](c2ccc(F)cc2)c2c(CNC(=O)CC#N)nn(-c3ccccc3)c21. The molecular formula is C32H26F4N6O3. The predicted octanol–water partition coefficient (Wildman–Crippen LogP) is 4.86. The van der Waals surface area contributed by atoms with Crippen molar-refractivity contribution in [3.05, 3.63) is 113 Å². The molecule has 2 heterocycles. The average Bonchev–Trinajstić information content (AvgIpc) is 3.40. The first-order chi connectivity index (χ1) is 21.5. The smallest absolute Gasteiger partial charge is 0.349 e. The number of halogens is 4. The summed E-state index contributed by atoms with van der Waals surface area (Å²) in [4.78, 5) is 41.3. The van der Waals surface area contributed by atoms with Crippen LogP contribution in [0.3, 0.4) is 0 Å². The van der Waals surface area contributed by atoms with Crippen molar-refractivity contribution >= 4 is 23.5 Å². The second kappa shape index (κ2) is 12.6. The Morgan fingerprint density at radius 1 is 1.02 bits per heavy atom. The summed E-state index contributed by atoms with van der Waals surface area (Å²) in [7, 11) is 0. The number of nitrogens with zero attached hydrogens (tertiary/aromatic N) is 4. The fourth-order valence-electron chi connectivity index (χ4n) is 5.36. The average molecular weight is 619 g/mol. The molecule has 0 unspecified atom stereocenters. The van der Waals surface area contributed by atoms with Gasteiger partial charge in [0.2, 0.25) is 5.91 Å². The Morgan fingerprint density at radius 2 is 1.73 bits per heavy atom. The van der Waals surface area contributed by atoms with Crippen LogP contribution in [0.15, 0.2) is 78.9 Å².